The predicted octanol–water partition coefficient (Wildman–Crippen LogP) is 1.00. The molecular formula is C10H15N3O2. The van der Waals surface area contributed by atoms with E-state index in [0.717, 1.165) is 11.4 Å². The Morgan fingerprint density at radius 2 is 2.07 bits per heavy atom. The first-order valence-corrected chi connectivity index (χ1v) is 4.69. The van der Waals surface area contributed by atoms with E-state index in [0.29, 0.717) is 5.82 Å². The zero-order valence-corrected chi connectivity index (χ0v) is 9.35. The second kappa shape index (κ2) is 4.25. The van der Waals surface area contributed by atoms with Crippen molar-refractivity contribution in [3.8, 4) is 0 Å². The van der Waals surface area contributed by atoms with Crippen molar-refractivity contribution >= 4 is 11.8 Å². The predicted molar refractivity (Wildman–Crippen MR) is 57.0 cm³/mol. The van der Waals surface area contributed by atoms with Gasteiger partial charge in [0, 0.05) is 7.05 Å². The molecule has 1 rings (SSSR count). The largest absolute Gasteiger partial charge is 0.480 e. The van der Waals surface area contributed by atoms with Gasteiger partial charge in [-0.15, -0.1) is 0 Å². The topological polar surface area (TPSA) is 66.3 Å². The molecule has 15 heavy (non-hydrogen) atoms. The number of likely N-dealkylation sites (N-methyl/N-ethyl adjacent to an activating group) is 1. The van der Waals surface area contributed by atoms with Crippen molar-refractivity contribution in [3.63, 3.8) is 0 Å². The molecular weight excluding hydrogens is 194 g/mol. The van der Waals surface area contributed by atoms with Gasteiger partial charge in [0.2, 0.25) is 0 Å². The van der Waals surface area contributed by atoms with Crippen LogP contribution in [0.25, 0.3) is 0 Å². The first kappa shape index (κ1) is 11.4. The fourth-order valence-corrected chi connectivity index (χ4v) is 1.06. The highest BCUT2D eigenvalue weighted by molar-refractivity contribution is 5.76. The van der Waals surface area contributed by atoms with Gasteiger partial charge in [-0.05, 0) is 20.8 Å². The number of carboxylic acids is 1. The average Bonchev–Trinajstić information content (AvgIpc) is 2.19. The Bertz CT molecular complexity index is 379. The summed E-state index contributed by atoms with van der Waals surface area (Å²) in [4.78, 5) is 20.8. The first-order chi connectivity index (χ1) is 6.93. The van der Waals surface area contributed by atoms with Gasteiger partial charge in [0.05, 0.1) is 17.6 Å². The van der Waals surface area contributed by atoms with Gasteiger partial charge >= 0.3 is 5.97 Å². The van der Waals surface area contributed by atoms with E-state index in [1.54, 1.807) is 25.1 Å². The van der Waals surface area contributed by atoms with E-state index in [2.05, 4.69) is 9.97 Å². The van der Waals surface area contributed by atoms with Crippen LogP contribution in [0.2, 0.25) is 0 Å². The maximum absolute atomic E-state index is 10.8. The van der Waals surface area contributed by atoms with Crippen LogP contribution in [0.4, 0.5) is 5.82 Å². The average molecular weight is 209 g/mol. The third-order valence-electron chi connectivity index (χ3n) is 2.48. The molecule has 0 aromatic carbocycles. The third-order valence-corrected chi connectivity index (χ3v) is 2.48. The second-order valence-corrected chi connectivity index (χ2v) is 3.52. The van der Waals surface area contributed by atoms with Gasteiger partial charge in [-0.25, -0.2) is 9.78 Å². The van der Waals surface area contributed by atoms with Crippen molar-refractivity contribution in [1.82, 2.24) is 9.97 Å². The third kappa shape index (κ3) is 2.43. The molecule has 0 spiro atoms. The Morgan fingerprint density at radius 3 is 2.53 bits per heavy atom. The Kier molecular flexibility index (Phi) is 3.24. The van der Waals surface area contributed by atoms with Crippen LogP contribution in [0.15, 0.2) is 6.20 Å². The standard InChI is InChI=1S/C10H15N3O2/c1-6-7(2)12-9(5-11-6)13(4)8(3)10(14)15/h5,8H,1-4H3,(H,14,15). The monoisotopic (exact) mass is 209 g/mol. The fraction of sp³-hybridized carbons (Fsp3) is 0.500. The van der Waals surface area contributed by atoms with Crippen LogP contribution >= 0.6 is 0 Å². The van der Waals surface area contributed by atoms with Crippen LogP contribution < -0.4 is 4.90 Å². The van der Waals surface area contributed by atoms with Crippen LogP contribution in [0, 0.1) is 13.8 Å². The number of hydrogen-bond donors (Lipinski definition) is 1. The summed E-state index contributed by atoms with van der Waals surface area (Å²) in [7, 11) is 1.69. The number of aryl methyl sites for hydroxylation is 2. The molecule has 0 radical (unpaired) electrons. The molecule has 1 aromatic heterocycles. The second-order valence-electron chi connectivity index (χ2n) is 3.52. The lowest BCUT2D eigenvalue weighted by atomic mass is 10.3. The maximum Gasteiger partial charge on any atom is 0.326 e. The van der Waals surface area contributed by atoms with Gasteiger partial charge < -0.3 is 10.0 Å². The van der Waals surface area contributed by atoms with Crippen LogP contribution in [0.1, 0.15) is 18.3 Å². The molecule has 1 N–H and O–H groups in total. The number of rotatable bonds is 3. The van der Waals surface area contributed by atoms with Crippen molar-refractivity contribution < 1.29 is 9.90 Å². The summed E-state index contributed by atoms with van der Waals surface area (Å²) < 4.78 is 0. The van der Waals surface area contributed by atoms with Crippen molar-refractivity contribution in [2.24, 2.45) is 0 Å². The number of hydrogen-bond acceptors (Lipinski definition) is 4. The summed E-state index contributed by atoms with van der Waals surface area (Å²) in [5, 5.41) is 8.85. The number of anilines is 1. The zero-order valence-electron chi connectivity index (χ0n) is 9.35. The highest BCUT2D eigenvalue weighted by Gasteiger charge is 2.18. The van der Waals surface area contributed by atoms with Crippen molar-refractivity contribution in [2.45, 2.75) is 26.8 Å². The molecule has 1 unspecified atom stereocenters. The van der Waals surface area contributed by atoms with Crippen LogP contribution in [0.5, 0.6) is 0 Å². The summed E-state index contributed by atoms with van der Waals surface area (Å²) >= 11 is 0. The van der Waals surface area contributed by atoms with Crippen molar-refractivity contribution in [1.29, 1.82) is 0 Å². The van der Waals surface area contributed by atoms with Crippen LogP contribution in [-0.2, 0) is 4.79 Å². The van der Waals surface area contributed by atoms with E-state index in [1.165, 1.54) is 0 Å². The van der Waals surface area contributed by atoms with E-state index >= 15 is 0 Å². The normalized spacial score (nSPS) is 12.3. The number of aromatic nitrogens is 2. The summed E-state index contributed by atoms with van der Waals surface area (Å²) in [5.74, 6) is -0.300. The number of aliphatic carboxylic acids is 1. The highest BCUT2D eigenvalue weighted by Crippen LogP contribution is 2.12. The lowest BCUT2D eigenvalue weighted by molar-refractivity contribution is -0.138. The van der Waals surface area contributed by atoms with Gasteiger partial charge in [-0.3, -0.25) is 4.98 Å². The van der Waals surface area contributed by atoms with E-state index in [-0.39, 0.29) is 0 Å². The molecule has 0 amide bonds. The Morgan fingerprint density at radius 1 is 1.47 bits per heavy atom. The lowest BCUT2D eigenvalue weighted by Gasteiger charge is -2.22. The van der Waals surface area contributed by atoms with Gasteiger partial charge in [0.15, 0.2) is 0 Å². The Labute approximate surface area is 88.8 Å². The molecule has 5 nitrogen and oxygen atoms in total. The first-order valence-electron chi connectivity index (χ1n) is 4.69. The van der Waals surface area contributed by atoms with Gasteiger partial charge in [0.25, 0.3) is 0 Å². The van der Waals surface area contributed by atoms with Crippen LogP contribution in [0.3, 0.4) is 0 Å². The summed E-state index contributed by atoms with van der Waals surface area (Å²) in [5.41, 5.74) is 1.67. The quantitative estimate of drug-likeness (QED) is 0.804. The molecule has 0 aliphatic carbocycles. The molecule has 0 fully saturated rings. The number of nitrogens with zero attached hydrogens (tertiary/aromatic N) is 3. The molecule has 0 aliphatic rings. The summed E-state index contributed by atoms with van der Waals surface area (Å²) in [6, 6.07) is -0.610. The minimum atomic E-state index is -0.877. The Hall–Kier alpha value is -1.65. The van der Waals surface area contributed by atoms with Gasteiger partial charge in [0.1, 0.15) is 11.9 Å². The van der Waals surface area contributed by atoms with Crippen molar-refractivity contribution in [3.05, 3.63) is 17.6 Å². The van der Waals surface area contributed by atoms with E-state index in [4.69, 9.17) is 5.11 Å². The molecule has 5 heteroatoms. The van der Waals surface area contributed by atoms with E-state index < -0.39 is 12.0 Å². The molecule has 0 saturated heterocycles. The summed E-state index contributed by atoms with van der Waals surface area (Å²) in [6.07, 6.45) is 1.59. The van der Waals surface area contributed by atoms with E-state index in [1.807, 2.05) is 13.8 Å². The molecule has 0 bridgehead atoms. The Balaban J connectivity index is 2.96. The molecule has 82 valence electrons. The molecule has 0 saturated carbocycles. The summed E-state index contributed by atoms with van der Waals surface area (Å²) in [6.45, 7) is 5.33. The van der Waals surface area contributed by atoms with Gasteiger partial charge in [-0.1, -0.05) is 0 Å². The minimum Gasteiger partial charge on any atom is -0.480 e. The molecule has 1 atom stereocenters. The van der Waals surface area contributed by atoms with E-state index in [9.17, 15) is 4.79 Å². The van der Waals surface area contributed by atoms with Crippen LogP contribution in [-0.4, -0.2) is 34.1 Å². The SMILES string of the molecule is Cc1ncc(N(C)C(C)C(=O)O)nc1C. The molecule has 0 aliphatic heterocycles. The number of carboxylic acid groups (broad SMARTS) is 1. The van der Waals surface area contributed by atoms with Gasteiger partial charge in [-0.2, -0.15) is 0 Å². The maximum atomic E-state index is 10.8. The zero-order chi connectivity index (χ0) is 11.6. The minimum absolute atomic E-state index is 0.577. The highest BCUT2D eigenvalue weighted by atomic mass is 16.4. The van der Waals surface area contributed by atoms with Crippen molar-refractivity contribution in [2.75, 3.05) is 11.9 Å². The molecule has 1 aromatic rings. The fourth-order valence-electron chi connectivity index (χ4n) is 1.06. The smallest absolute Gasteiger partial charge is 0.326 e. The molecule has 1 heterocycles. The lowest BCUT2D eigenvalue weighted by Crippen LogP contribution is -2.36. The number of carbonyl (C=O) groups is 1.